The highest BCUT2D eigenvalue weighted by Gasteiger charge is 2.16. The fourth-order valence-corrected chi connectivity index (χ4v) is 2.83. The number of fused-ring (bicyclic) bond motifs is 1. The molecule has 2 aromatic heterocycles. The average Bonchev–Trinajstić information content (AvgIpc) is 2.96. The van der Waals surface area contributed by atoms with Crippen molar-refractivity contribution in [2.45, 2.75) is 13.8 Å². The van der Waals surface area contributed by atoms with E-state index in [1.165, 1.54) is 11.3 Å². The van der Waals surface area contributed by atoms with Crippen molar-refractivity contribution in [1.82, 2.24) is 9.97 Å². The van der Waals surface area contributed by atoms with E-state index < -0.39 is 5.97 Å². The average molecular weight is 284 g/mol. The summed E-state index contributed by atoms with van der Waals surface area (Å²) in [4.78, 5) is 20.4. The number of aromatic nitrogens is 2. The van der Waals surface area contributed by atoms with Gasteiger partial charge in [0.05, 0.1) is 28.0 Å². The second kappa shape index (κ2) is 4.68. The fraction of sp³-hybridized carbons (Fsp3) is 0.133. The van der Waals surface area contributed by atoms with Crippen molar-refractivity contribution in [3.63, 3.8) is 0 Å². The van der Waals surface area contributed by atoms with Crippen LogP contribution >= 0.6 is 11.3 Å². The molecule has 0 aliphatic heterocycles. The van der Waals surface area contributed by atoms with Crippen molar-refractivity contribution in [2.75, 3.05) is 0 Å². The first-order valence-electron chi connectivity index (χ1n) is 6.10. The van der Waals surface area contributed by atoms with Crippen molar-refractivity contribution in [3.8, 4) is 11.4 Å². The first-order chi connectivity index (χ1) is 9.58. The van der Waals surface area contributed by atoms with Gasteiger partial charge in [-0.05, 0) is 31.0 Å². The Morgan fingerprint density at radius 1 is 1.20 bits per heavy atom. The number of pyridine rings is 1. The van der Waals surface area contributed by atoms with Crippen LogP contribution in [0.2, 0.25) is 0 Å². The van der Waals surface area contributed by atoms with E-state index in [1.54, 1.807) is 11.6 Å². The maximum absolute atomic E-state index is 11.6. The summed E-state index contributed by atoms with van der Waals surface area (Å²) in [7, 11) is 0. The van der Waals surface area contributed by atoms with Crippen molar-refractivity contribution in [2.24, 2.45) is 0 Å². The van der Waals surface area contributed by atoms with Gasteiger partial charge < -0.3 is 5.11 Å². The molecule has 20 heavy (non-hydrogen) atoms. The molecule has 1 N–H and O–H groups in total. The van der Waals surface area contributed by atoms with Crippen LogP contribution in [0.5, 0.6) is 0 Å². The number of rotatable bonds is 2. The summed E-state index contributed by atoms with van der Waals surface area (Å²) >= 11 is 1.46. The lowest BCUT2D eigenvalue weighted by atomic mass is 9.99. The van der Waals surface area contributed by atoms with Crippen LogP contribution in [-0.2, 0) is 0 Å². The van der Waals surface area contributed by atoms with Crippen LogP contribution in [0.4, 0.5) is 0 Å². The van der Waals surface area contributed by atoms with Crippen molar-refractivity contribution in [3.05, 3.63) is 45.8 Å². The van der Waals surface area contributed by atoms with Gasteiger partial charge >= 0.3 is 5.97 Å². The molecule has 4 nitrogen and oxygen atoms in total. The third-order valence-corrected chi connectivity index (χ3v) is 3.88. The Balaban J connectivity index is 2.43. The number of aryl methyl sites for hydroxylation is 2. The quantitative estimate of drug-likeness (QED) is 0.779. The maximum atomic E-state index is 11.6. The molecular weight excluding hydrogens is 272 g/mol. The molecule has 2 heterocycles. The third kappa shape index (κ3) is 1.96. The highest BCUT2D eigenvalue weighted by atomic mass is 32.1. The second-order valence-corrected chi connectivity index (χ2v) is 5.38. The monoisotopic (exact) mass is 284 g/mol. The van der Waals surface area contributed by atoms with Gasteiger partial charge in [0.15, 0.2) is 0 Å². The minimum atomic E-state index is -0.942. The lowest BCUT2D eigenvalue weighted by Gasteiger charge is -2.10. The van der Waals surface area contributed by atoms with Crippen LogP contribution in [0.3, 0.4) is 0 Å². The Bertz CT molecular complexity index is 810. The molecule has 3 rings (SSSR count). The molecular formula is C15H12N2O2S. The summed E-state index contributed by atoms with van der Waals surface area (Å²) in [6.45, 7) is 3.84. The molecule has 100 valence electrons. The molecule has 3 aromatic rings. The van der Waals surface area contributed by atoms with Crippen LogP contribution in [0.25, 0.3) is 22.3 Å². The third-order valence-electron chi connectivity index (χ3n) is 3.30. The smallest absolute Gasteiger partial charge is 0.336 e. The van der Waals surface area contributed by atoms with E-state index in [1.807, 2.05) is 31.4 Å². The summed E-state index contributed by atoms with van der Waals surface area (Å²) in [6.07, 6.45) is 0. The Morgan fingerprint density at radius 2 is 1.95 bits per heavy atom. The van der Waals surface area contributed by atoms with Crippen molar-refractivity contribution < 1.29 is 9.90 Å². The highest BCUT2D eigenvalue weighted by molar-refractivity contribution is 7.07. The predicted octanol–water partition coefficient (Wildman–Crippen LogP) is 3.67. The molecule has 0 atom stereocenters. The van der Waals surface area contributed by atoms with Crippen LogP contribution in [0.1, 0.15) is 21.5 Å². The number of carbonyl (C=O) groups is 1. The first-order valence-corrected chi connectivity index (χ1v) is 7.05. The van der Waals surface area contributed by atoms with Gasteiger partial charge in [0, 0.05) is 10.8 Å². The van der Waals surface area contributed by atoms with Crippen LogP contribution < -0.4 is 0 Å². The van der Waals surface area contributed by atoms with Gasteiger partial charge in [-0.2, -0.15) is 0 Å². The Hall–Kier alpha value is -2.27. The van der Waals surface area contributed by atoms with Crippen LogP contribution in [0, 0.1) is 13.8 Å². The summed E-state index contributed by atoms with van der Waals surface area (Å²) in [5, 5.41) is 12.0. The second-order valence-electron chi connectivity index (χ2n) is 4.66. The van der Waals surface area contributed by atoms with E-state index in [-0.39, 0.29) is 5.56 Å². The normalized spacial score (nSPS) is 10.9. The summed E-state index contributed by atoms with van der Waals surface area (Å²) in [5.41, 5.74) is 5.91. The van der Waals surface area contributed by atoms with Gasteiger partial charge in [-0.15, -0.1) is 11.3 Å². The van der Waals surface area contributed by atoms with E-state index in [2.05, 4.69) is 9.97 Å². The van der Waals surface area contributed by atoms with E-state index in [0.29, 0.717) is 16.8 Å². The number of thiazole rings is 1. The molecule has 0 saturated carbocycles. The Labute approximate surface area is 119 Å². The topological polar surface area (TPSA) is 63.1 Å². The number of carboxylic acid groups (broad SMARTS) is 1. The van der Waals surface area contributed by atoms with Crippen molar-refractivity contribution in [1.29, 1.82) is 0 Å². The minimum absolute atomic E-state index is 0.277. The zero-order valence-electron chi connectivity index (χ0n) is 11.0. The number of aromatic carboxylic acids is 1. The lowest BCUT2D eigenvalue weighted by Crippen LogP contribution is -2.02. The predicted molar refractivity (Wildman–Crippen MR) is 79.3 cm³/mol. The van der Waals surface area contributed by atoms with Gasteiger partial charge in [-0.1, -0.05) is 12.1 Å². The largest absolute Gasteiger partial charge is 0.478 e. The van der Waals surface area contributed by atoms with E-state index in [9.17, 15) is 9.90 Å². The van der Waals surface area contributed by atoms with Gasteiger partial charge in [0.25, 0.3) is 0 Å². The number of nitrogens with zero attached hydrogens (tertiary/aromatic N) is 2. The standard InChI is InChI=1S/C15H12N2O2S/c1-8-3-4-9(2)14-13(8)10(15(18)19)5-11(17-14)12-6-20-7-16-12/h3-7H,1-2H3,(H,18,19). The molecule has 0 amide bonds. The summed E-state index contributed by atoms with van der Waals surface area (Å²) in [5.74, 6) is -0.942. The number of hydrogen-bond donors (Lipinski definition) is 1. The molecule has 1 aromatic carbocycles. The van der Waals surface area contributed by atoms with Crippen molar-refractivity contribution >= 4 is 28.2 Å². The maximum Gasteiger partial charge on any atom is 0.336 e. The zero-order valence-corrected chi connectivity index (χ0v) is 11.9. The summed E-state index contributed by atoms with van der Waals surface area (Å²) < 4.78 is 0. The van der Waals surface area contributed by atoms with Crippen LogP contribution in [0.15, 0.2) is 29.1 Å². The molecule has 0 fully saturated rings. The zero-order chi connectivity index (χ0) is 14.3. The summed E-state index contributed by atoms with van der Waals surface area (Å²) in [6, 6.07) is 5.49. The molecule has 5 heteroatoms. The highest BCUT2D eigenvalue weighted by Crippen LogP contribution is 2.28. The number of benzene rings is 1. The molecule has 0 spiro atoms. The molecule has 0 aliphatic carbocycles. The first kappa shape index (κ1) is 12.7. The van der Waals surface area contributed by atoms with Gasteiger partial charge in [-0.25, -0.2) is 14.8 Å². The Kier molecular flexibility index (Phi) is 2.99. The van der Waals surface area contributed by atoms with Gasteiger partial charge in [-0.3, -0.25) is 0 Å². The van der Waals surface area contributed by atoms with E-state index in [4.69, 9.17) is 0 Å². The number of carboxylic acids is 1. The number of hydrogen-bond acceptors (Lipinski definition) is 4. The van der Waals surface area contributed by atoms with E-state index >= 15 is 0 Å². The van der Waals surface area contributed by atoms with E-state index in [0.717, 1.165) is 16.6 Å². The Morgan fingerprint density at radius 3 is 2.60 bits per heavy atom. The molecule has 0 bridgehead atoms. The lowest BCUT2D eigenvalue weighted by molar-refractivity contribution is 0.0699. The molecule has 0 aliphatic rings. The minimum Gasteiger partial charge on any atom is -0.478 e. The molecule has 0 unspecified atom stereocenters. The fourth-order valence-electron chi connectivity index (χ4n) is 2.28. The SMILES string of the molecule is Cc1ccc(C)c2c(C(=O)O)cc(-c3cscn3)nc12. The van der Waals surface area contributed by atoms with Gasteiger partial charge in [0.1, 0.15) is 0 Å². The molecule has 0 saturated heterocycles. The molecule has 0 radical (unpaired) electrons. The van der Waals surface area contributed by atoms with Crippen LogP contribution in [-0.4, -0.2) is 21.0 Å². The van der Waals surface area contributed by atoms with Gasteiger partial charge in [0.2, 0.25) is 0 Å².